The van der Waals surface area contributed by atoms with Crippen LogP contribution in [0.1, 0.15) is 61.5 Å². The first-order chi connectivity index (χ1) is 17.8. The normalized spacial score (nSPS) is 41.7. The minimum absolute atomic E-state index is 0.393. The lowest BCUT2D eigenvalue weighted by molar-refractivity contribution is 0.345. The molecule has 5 aliphatic heterocycles. The number of hydrogen-bond acceptors (Lipinski definition) is 4. The predicted molar refractivity (Wildman–Crippen MR) is 147 cm³/mol. The quantitative estimate of drug-likeness (QED) is 0.482. The van der Waals surface area contributed by atoms with E-state index in [1.54, 1.807) is 0 Å². The van der Waals surface area contributed by atoms with Gasteiger partial charge in [0.2, 0.25) is 0 Å². The topological polar surface area (TPSA) is 48.1 Å². The summed E-state index contributed by atoms with van der Waals surface area (Å²) in [6.07, 6.45) is 17.2. The van der Waals surface area contributed by atoms with E-state index < -0.39 is 0 Å². The summed E-state index contributed by atoms with van der Waals surface area (Å²) in [4.78, 5) is 0. The van der Waals surface area contributed by atoms with Crippen molar-refractivity contribution in [3.8, 4) is 0 Å². The van der Waals surface area contributed by atoms with Crippen molar-refractivity contribution in [2.45, 2.75) is 98.7 Å². The molecule has 0 amide bonds. The van der Waals surface area contributed by atoms with E-state index in [-0.39, 0.29) is 0 Å². The van der Waals surface area contributed by atoms with Crippen molar-refractivity contribution in [3.05, 3.63) is 96.1 Å². The zero-order valence-electron chi connectivity index (χ0n) is 21.1. The van der Waals surface area contributed by atoms with Crippen LogP contribution in [0, 0.1) is 0 Å². The van der Waals surface area contributed by atoms with Gasteiger partial charge in [-0.1, -0.05) is 85.0 Å². The van der Waals surface area contributed by atoms with E-state index in [1.807, 2.05) is 0 Å². The molecule has 10 unspecified atom stereocenters. The SMILES string of the molecule is C1=CC2NC1CC1CCC(N1)C(c1ccccc1)C1C=CC(CC3CCC(N3)C2c2ccccc2)N1. The summed E-state index contributed by atoms with van der Waals surface area (Å²) in [5, 5.41) is 16.3. The molecule has 0 aliphatic carbocycles. The zero-order chi connectivity index (χ0) is 23.9. The molecule has 5 aliphatic rings. The minimum Gasteiger partial charge on any atom is -0.310 e. The summed E-state index contributed by atoms with van der Waals surface area (Å²) in [5.41, 5.74) is 2.92. The zero-order valence-corrected chi connectivity index (χ0v) is 21.1. The van der Waals surface area contributed by atoms with E-state index >= 15 is 0 Å². The number of rotatable bonds is 2. The first-order valence-corrected chi connectivity index (χ1v) is 14.3. The van der Waals surface area contributed by atoms with Crippen molar-refractivity contribution < 1.29 is 0 Å². The van der Waals surface area contributed by atoms with Gasteiger partial charge in [-0.2, -0.15) is 0 Å². The minimum atomic E-state index is 0.393. The molecule has 8 bridgehead atoms. The van der Waals surface area contributed by atoms with Crippen LogP contribution in [0.15, 0.2) is 85.0 Å². The second kappa shape index (κ2) is 9.90. The van der Waals surface area contributed by atoms with Gasteiger partial charge in [0.25, 0.3) is 0 Å². The van der Waals surface area contributed by atoms with Crippen molar-refractivity contribution in [2.24, 2.45) is 0 Å². The highest BCUT2D eigenvalue weighted by Crippen LogP contribution is 2.37. The second-order valence-electron chi connectivity index (χ2n) is 11.8. The third-order valence-electron chi connectivity index (χ3n) is 9.55. The molecule has 0 saturated carbocycles. The maximum absolute atomic E-state index is 4.10. The third kappa shape index (κ3) is 4.50. The van der Waals surface area contributed by atoms with Crippen molar-refractivity contribution in [1.82, 2.24) is 21.3 Å². The molecule has 2 aromatic rings. The van der Waals surface area contributed by atoms with Crippen LogP contribution < -0.4 is 21.3 Å². The van der Waals surface area contributed by atoms with Gasteiger partial charge in [-0.05, 0) is 49.7 Å². The van der Waals surface area contributed by atoms with Gasteiger partial charge in [-0.3, -0.25) is 0 Å². The van der Waals surface area contributed by atoms with Crippen molar-refractivity contribution in [2.75, 3.05) is 0 Å². The fraction of sp³-hybridized carbons (Fsp3) is 0.500. The molecule has 3 fully saturated rings. The van der Waals surface area contributed by atoms with E-state index in [0.717, 1.165) is 0 Å². The highest BCUT2D eigenvalue weighted by Gasteiger charge is 2.41. The molecule has 2 aromatic carbocycles. The number of fused-ring (bicyclic) bond motifs is 8. The first kappa shape index (κ1) is 22.9. The Morgan fingerprint density at radius 1 is 0.472 bits per heavy atom. The molecule has 3 saturated heterocycles. The Balaban J connectivity index is 1.18. The molecule has 5 heterocycles. The molecular formula is C32H40N4. The largest absolute Gasteiger partial charge is 0.310 e. The van der Waals surface area contributed by atoms with Crippen molar-refractivity contribution in [3.63, 3.8) is 0 Å². The molecule has 7 rings (SSSR count). The third-order valence-corrected chi connectivity index (χ3v) is 9.55. The van der Waals surface area contributed by atoms with E-state index in [2.05, 4.69) is 106 Å². The van der Waals surface area contributed by atoms with Gasteiger partial charge < -0.3 is 21.3 Å². The van der Waals surface area contributed by atoms with E-state index in [9.17, 15) is 0 Å². The van der Waals surface area contributed by atoms with Gasteiger partial charge in [0, 0.05) is 60.2 Å². The molecule has 188 valence electrons. The van der Waals surface area contributed by atoms with Crippen LogP contribution in [0.4, 0.5) is 0 Å². The average molecular weight is 481 g/mol. The summed E-state index contributed by atoms with van der Waals surface area (Å²) < 4.78 is 0. The standard InChI is InChI=1S/C32H40N4/c1-3-7-21(8-4-1)31-27-15-11-23(33-27)19-25-13-17-29(35-25)32(22-9-5-2-6-10-22)30-18-14-26(36-30)20-24-12-16-28(31)34-24/h1-11,14-15,18,23-36H,12-13,16-17,19-20H2. The van der Waals surface area contributed by atoms with Crippen LogP contribution in [-0.4, -0.2) is 48.3 Å². The van der Waals surface area contributed by atoms with E-state index in [0.29, 0.717) is 60.2 Å². The smallest absolute Gasteiger partial charge is 0.0339 e. The van der Waals surface area contributed by atoms with Gasteiger partial charge in [-0.25, -0.2) is 0 Å². The molecule has 0 aromatic heterocycles. The van der Waals surface area contributed by atoms with Gasteiger partial charge >= 0.3 is 0 Å². The van der Waals surface area contributed by atoms with E-state index in [1.165, 1.54) is 49.7 Å². The maximum Gasteiger partial charge on any atom is 0.0339 e. The molecule has 4 N–H and O–H groups in total. The van der Waals surface area contributed by atoms with Crippen LogP contribution >= 0.6 is 0 Å². The van der Waals surface area contributed by atoms with Gasteiger partial charge in [-0.15, -0.1) is 0 Å². The predicted octanol–water partition coefficient (Wildman–Crippen LogP) is 4.38. The average Bonchev–Trinajstić information content (AvgIpc) is 3.72. The van der Waals surface area contributed by atoms with Crippen LogP contribution in [0.5, 0.6) is 0 Å². The Morgan fingerprint density at radius 3 is 1.36 bits per heavy atom. The molecule has 0 spiro atoms. The molecular weight excluding hydrogens is 440 g/mol. The Hall–Kier alpha value is -2.24. The highest BCUT2D eigenvalue weighted by atomic mass is 15.1. The second-order valence-corrected chi connectivity index (χ2v) is 11.8. The number of benzene rings is 2. The lowest BCUT2D eigenvalue weighted by atomic mass is 9.84. The summed E-state index contributed by atoms with van der Waals surface area (Å²) in [5.74, 6) is 0.939. The maximum atomic E-state index is 4.10. The van der Waals surface area contributed by atoms with E-state index in [4.69, 9.17) is 0 Å². The molecule has 4 heteroatoms. The molecule has 36 heavy (non-hydrogen) atoms. The first-order valence-electron chi connectivity index (χ1n) is 14.3. The fourth-order valence-electron chi connectivity index (χ4n) is 7.95. The summed E-state index contributed by atoms with van der Waals surface area (Å²) >= 11 is 0. The van der Waals surface area contributed by atoms with Crippen molar-refractivity contribution in [1.29, 1.82) is 0 Å². The Morgan fingerprint density at radius 2 is 0.917 bits per heavy atom. The lowest BCUT2D eigenvalue weighted by Gasteiger charge is -2.33. The Labute approximate surface area is 216 Å². The summed E-state index contributed by atoms with van der Waals surface area (Å²) in [7, 11) is 0. The molecule has 4 nitrogen and oxygen atoms in total. The van der Waals surface area contributed by atoms with Gasteiger partial charge in [0.1, 0.15) is 0 Å². The number of hydrogen-bond donors (Lipinski definition) is 4. The molecule has 10 atom stereocenters. The van der Waals surface area contributed by atoms with Gasteiger partial charge in [0.15, 0.2) is 0 Å². The van der Waals surface area contributed by atoms with Gasteiger partial charge in [0.05, 0.1) is 0 Å². The molecule has 0 radical (unpaired) electrons. The summed E-state index contributed by atoms with van der Waals surface area (Å²) in [6, 6.07) is 26.3. The van der Waals surface area contributed by atoms with Crippen LogP contribution in [0.2, 0.25) is 0 Å². The van der Waals surface area contributed by atoms with Crippen LogP contribution in [0.3, 0.4) is 0 Å². The Kier molecular flexibility index (Phi) is 6.31. The van der Waals surface area contributed by atoms with Crippen LogP contribution in [0.25, 0.3) is 0 Å². The van der Waals surface area contributed by atoms with Crippen molar-refractivity contribution >= 4 is 0 Å². The number of nitrogens with one attached hydrogen (secondary N) is 4. The Bertz CT molecular complexity index is 994. The lowest BCUT2D eigenvalue weighted by Crippen LogP contribution is -2.48. The summed E-state index contributed by atoms with van der Waals surface area (Å²) in [6.45, 7) is 0. The van der Waals surface area contributed by atoms with Crippen LogP contribution in [-0.2, 0) is 0 Å². The fourth-order valence-corrected chi connectivity index (χ4v) is 7.95. The monoisotopic (exact) mass is 480 g/mol. The highest BCUT2D eigenvalue weighted by molar-refractivity contribution is 5.31.